The van der Waals surface area contributed by atoms with Gasteiger partial charge in [0.2, 0.25) is 5.91 Å². The largest absolute Gasteiger partial charge is 0.465 e. The molecule has 0 fully saturated rings. The molecule has 0 spiro atoms. The molecule has 9 heteroatoms. The molecule has 0 saturated carbocycles. The lowest BCUT2D eigenvalue weighted by molar-refractivity contribution is -0.119. The van der Waals surface area contributed by atoms with Crippen molar-refractivity contribution in [2.75, 3.05) is 25.6 Å². The number of rotatable bonds is 6. The van der Waals surface area contributed by atoms with Crippen LogP contribution in [-0.2, 0) is 16.1 Å². The van der Waals surface area contributed by atoms with Crippen molar-refractivity contribution in [3.8, 4) is 0 Å². The van der Waals surface area contributed by atoms with Crippen LogP contribution in [0.15, 0.2) is 35.8 Å². The maximum atomic E-state index is 12.4. The molecule has 3 rings (SSSR count). The Hall–Kier alpha value is -2.35. The van der Waals surface area contributed by atoms with Crippen molar-refractivity contribution >= 4 is 62.9 Å². The van der Waals surface area contributed by atoms with Crippen molar-refractivity contribution in [1.29, 1.82) is 0 Å². The van der Waals surface area contributed by atoms with E-state index in [4.69, 9.17) is 27.9 Å². The fourth-order valence-electron chi connectivity index (χ4n) is 2.81. The maximum Gasteiger partial charge on any atom is 0.337 e. The van der Waals surface area contributed by atoms with Gasteiger partial charge in [0.25, 0.3) is 0 Å². The highest BCUT2D eigenvalue weighted by Gasteiger charge is 2.18. The Morgan fingerprint density at radius 1 is 1.25 bits per heavy atom. The van der Waals surface area contributed by atoms with Gasteiger partial charge in [-0.25, -0.2) is 9.78 Å². The lowest BCUT2D eigenvalue weighted by Gasteiger charge is -2.22. The Bertz CT molecular complexity index is 1020. The molecule has 0 aliphatic heterocycles. The number of hydrogen-bond acceptors (Lipinski definition) is 6. The second-order valence-electron chi connectivity index (χ2n) is 6.03. The fourth-order valence-corrected chi connectivity index (χ4v) is 3.98. The van der Waals surface area contributed by atoms with Crippen molar-refractivity contribution in [3.63, 3.8) is 0 Å². The van der Waals surface area contributed by atoms with Crippen molar-refractivity contribution < 1.29 is 14.3 Å². The summed E-state index contributed by atoms with van der Waals surface area (Å²) in [4.78, 5) is 30.3. The predicted molar refractivity (Wildman–Crippen MR) is 113 cm³/mol. The number of halogens is 2. The third-order valence-corrected chi connectivity index (χ3v) is 5.37. The Morgan fingerprint density at radius 3 is 2.71 bits per heavy atom. The van der Waals surface area contributed by atoms with Gasteiger partial charge in [-0.1, -0.05) is 23.2 Å². The number of aromatic nitrogens is 1. The van der Waals surface area contributed by atoms with Crippen LogP contribution in [0.5, 0.6) is 0 Å². The Balaban J connectivity index is 1.90. The minimum absolute atomic E-state index is 0.0735. The van der Waals surface area contributed by atoms with E-state index in [1.807, 2.05) is 5.38 Å². The molecule has 146 valence electrons. The molecule has 0 bridgehead atoms. The van der Waals surface area contributed by atoms with Gasteiger partial charge in [-0.05, 0) is 29.7 Å². The number of carbonyl (C=O) groups is 2. The van der Waals surface area contributed by atoms with E-state index in [2.05, 4.69) is 10.3 Å². The highest BCUT2D eigenvalue weighted by molar-refractivity contribution is 7.09. The van der Waals surface area contributed by atoms with E-state index >= 15 is 0 Å². The van der Waals surface area contributed by atoms with Gasteiger partial charge in [0.1, 0.15) is 5.01 Å². The van der Waals surface area contributed by atoms with Crippen LogP contribution in [0.4, 0.5) is 5.69 Å². The molecule has 2 aromatic carbocycles. The normalized spacial score (nSPS) is 10.7. The lowest BCUT2D eigenvalue weighted by atomic mass is 10.0. The Kier molecular flexibility index (Phi) is 6.39. The zero-order chi connectivity index (χ0) is 20.3. The van der Waals surface area contributed by atoms with E-state index in [9.17, 15) is 9.59 Å². The molecule has 0 saturated heterocycles. The SMILES string of the molecule is COC(=O)c1cc(N(C)CC(=O)NCc2nccs2)c2c(Cl)cc(Cl)cc2c1. The molecule has 0 radical (unpaired) electrons. The molecule has 6 nitrogen and oxygen atoms in total. The van der Waals surface area contributed by atoms with Crippen LogP contribution < -0.4 is 10.2 Å². The number of thiazole rings is 1. The van der Waals surface area contributed by atoms with Crippen LogP contribution in [0, 0.1) is 0 Å². The summed E-state index contributed by atoms with van der Waals surface area (Å²) >= 11 is 14.0. The average molecular weight is 438 g/mol. The first-order valence-electron chi connectivity index (χ1n) is 8.26. The van der Waals surface area contributed by atoms with Crippen molar-refractivity contribution in [2.45, 2.75) is 6.54 Å². The van der Waals surface area contributed by atoms with Gasteiger partial charge < -0.3 is 15.0 Å². The highest BCUT2D eigenvalue weighted by atomic mass is 35.5. The monoisotopic (exact) mass is 437 g/mol. The van der Waals surface area contributed by atoms with Crippen molar-refractivity contribution in [1.82, 2.24) is 10.3 Å². The van der Waals surface area contributed by atoms with E-state index in [1.165, 1.54) is 18.4 Å². The third-order valence-electron chi connectivity index (χ3n) is 4.08. The van der Waals surface area contributed by atoms with Crippen LogP contribution >= 0.6 is 34.5 Å². The summed E-state index contributed by atoms with van der Waals surface area (Å²) in [5.41, 5.74) is 0.974. The molecule has 1 heterocycles. The fraction of sp³-hybridized carbons (Fsp3) is 0.211. The first-order chi connectivity index (χ1) is 13.4. The minimum atomic E-state index is -0.485. The number of nitrogens with zero attached hydrogens (tertiary/aromatic N) is 2. The van der Waals surface area contributed by atoms with Crippen molar-refractivity contribution in [3.05, 3.63) is 56.5 Å². The summed E-state index contributed by atoms with van der Waals surface area (Å²) in [6.45, 7) is 0.438. The molecule has 0 atom stereocenters. The van der Waals surface area contributed by atoms with E-state index in [0.717, 1.165) is 5.01 Å². The molecule has 3 aromatic rings. The summed E-state index contributed by atoms with van der Waals surface area (Å²) in [5.74, 6) is -0.666. The Morgan fingerprint density at radius 2 is 2.04 bits per heavy atom. The van der Waals surface area contributed by atoms with Gasteiger partial charge in [0.15, 0.2) is 0 Å². The van der Waals surface area contributed by atoms with Gasteiger partial charge in [0, 0.05) is 34.7 Å². The molecular weight excluding hydrogens is 421 g/mol. The zero-order valence-electron chi connectivity index (χ0n) is 15.2. The van der Waals surface area contributed by atoms with E-state index < -0.39 is 5.97 Å². The molecule has 1 aromatic heterocycles. The van der Waals surface area contributed by atoms with E-state index in [1.54, 1.807) is 42.4 Å². The summed E-state index contributed by atoms with van der Waals surface area (Å²) in [6, 6.07) is 6.67. The molecule has 28 heavy (non-hydrogen) atoms. The summed E-state index contributed by atoms with van der Waals surface area (Å²) in [6.07, 6.45) is 1.69. The average Bonchev–Trinajstić information content (AvgIpc) is 3.18. The number of nitrogens with one attached hydrogen (secondary N) is 1. The molecule has 0 aliphatic rings. The van der Waals surface area contributed by atoms with Crippen LogP contribution in [-0.4, -0.2) is 37.6 Å². The number of benzene rings is 2. The summed E-state index contributed by atoms with van der Waals surface area (Å²) < 4.78 is 4.83. The van der Waals surface area contributed by atoms with Crippen LogP contribution in [0.2, 0.25) is 10.0 Å². The number of fused-ring (bicyclic) bond motifs is 1. The topological polar surface area (TPSA) is 71.5 Å². The lowest BCUT2D eigenvalue weighted by Crippen LogP contribution is -2.35. The van der Waals surface area contributed by atoms with E-state index in [0.29, 0.717) is 38.6 Å². The van der Waals surface area contributed by atoms with Crippen LogP contribution in [0.3, 0.4) is 0 Å². The van der Waals surface area contributed by atoms with Gasteiger partial charge >= 0.3 is 5.97 Å². The van der Waals surface area contributed by atoms with Gasteiger partial charge in [-0.3, -0.25) is 4.79 Å². The molecule has 1 N–H and O–H groups in total. The number of hydrogen-bond donors (Lipinski definition) is 1. The minimum Gasteiger partial charge on any atom is -0.465 e. The Labute approximate surface area is 176 Å². The van der Waals surface area contributed by atoms with Crippen LogP contribution in [0.25, 0.3) is 10.8 Å². The zero-order valence-corrected chi connectivity index (χ0v) is 17.5. The highest BCUT2D eigenvalue weighted by Crippen LogP contribution is 2.36. The van der Waals surface area contributed by atoms with Gasteiger partial charge in [-0.15, -0.1) is 11.3 Å². The summed E-state index contributed by atoms with van der Waals surface area (Å²) in [7, 11) is 3.07. The number of carbonyl (C=O) groups excluding carboxylic acids is 2. The molecule has 0 aliphatic carbocycles. The maximum absolute atomic E-state index is 12.4. The number of likely N-dealkylation sites (N-methyl/N-ethyl adjacent to an activating group) is 1. The number of methoxy groups -OCH3 is 1. The quantitative estimate of drug-likeness (QED) is 0.586. The van der Waals surface area contributed by atoms with Gasteiger partial charge in [0.05, 0.1) is 30.8 Å². The molecule has 1 amide bonds. The summed E-state index contributed by atoms with van der Waals surface area (Å²) in [5, 5.41) is 7.78. The number of esters is 1. The number of anilines is 1. The molecule has 0 unspecified atom stereocenters. The van der Waals surface area contributed by atoms with Crippen LogP contribution in [0.1, 0.15) is 15.4 Å². The second-order valence-corrected chi connectivity index (χ2v) is 7.85. The molecular formula is C19H17Cl2N3O3S. The predicted octanol–water partition coefficient (Wildman–Crippen LogP) is 4.14. The second kappa shape index (κ2) is 8.77. The van der Waals surface area contributed by atoms with Gasteiger partial charge in [-0.2, -0.15) is 0 Å². The first kappa shape index (κ1) is 20.4. The standard InChI is InChI=1S/C19H17Cl2N3O3S/c1-24(10-16(25)23-9-17-22-3-4-28-17)15-7-12(19(26)27-2)5-11-6-13(20)8-14(21)18(11)15/h3-8H,9-10H2,1-2H3,(H,23,25). The number of ether oxygens (including phenoxy) is 1. The third kappa shape index (κ3) is 4.55. The smallest absolute Gasteiger partial charge is 0.337 e. The first-order valence-corrected chi connectivity index (χ1v) is 9.90. The number of amides is 1. The van der Waals surface area contributed by atoms with E-state index in [-0.39, 0.29) is 12.5 Å². The van der Waals surface area contributed by atoms with Crippen molar-refractivity contribution in [2.24, 2.45) is 0 Å².